The van der Waals surface area contributed by atoms with Gasteiger partial charge < -0.3 is 15.5 Å². The molecule has 1 aliphatic heterocycles. The fourth-order valence-corrected chi connectivity index (χ4v) is 4.01. The predicted octanol–water partition coefficient (Wildman–Crippen LogP) is 2.85. The van der Waals surface area contributed by atoms with Gasteiger partial charge in [-0.25, -0.2) is 0 Å². The minimum atomic E-state index is -0.375. The molecule has 2 aromatic carbocycles. The van der Waals surface area contributed by atoms with Gasteiger partial charge in [0, 0.05) is 31.7 Å². The Labute approximate surface area is 167 Å². The number of likely N-dealkylation sites (tertiary alicyclic amines) is 1. The lowest BCUT2D eigenvalue weighted by atomic mass is 9.89. The minimum absolute atomic E-state index is 0.0279. The van der Waals surface area contributed by atoms with Gasteiger partial charge in [0.2, 0.25) is 11.8 Å². The van der Waals surface area contributed by atoms with Crippen LogP contribution in [0.1, 0.15) is 25.3 Å². The molecule has 0 spiro atoms. The zero-order valence-electron chi connectivity index (χ0n) is 16.5. The highest BCUT2D eigenvalue weighted by atomic mass is 16.2. The van der Waals surface area contributed by atoms with E-state index in [1.54, 1.807) is 4.90 Å². The molecule has 0 unspecified atom stereocenters. The summed E-state index contributed by atoms with van der Waals surface area (Å²) < 4.78 is 0. The molecule has 2 N–H and O–H groups in total. The van der Waals surface area contributed by atoms with E-state index in [0.29, 0.717) is 13.0 Å². The third-order valence-corrected chi connectivity index (χ3v) is 5.52. The monoisotopic (exact) mass is 379 g/mol. The van der Waals surface area contributed by atoms with E-state index >= 15 is 0 Å². The molecular weight excluding hydrogens is 350 g/mol. The van der Waals surface area contributed by atoms with Crippen molar-refractivity contribution < 1.29 is 9.59 Å². The lowest BCUT2D eigenvalue weighted by molar-refractivity contribution is -0.125. The number of benzene rings is 2. The van der Waals surface area contributed by atoms with Crippen LogP contribution < -0.4 is 10.6 Å². The summed E-state index contributed by atoms with van der Waals surface area (Å²) >= 11 is 0. The second kappa shape index (κ2) is 9.51. The van der Waals surface area contributed by atoms with Crippen molar-refractivity contribution in [2.75, 3.05) is 24.5 Å². The smallest absolute Gasteiger partial charge is 0.226 e. The number of hydrogen-bond donors (Lipinski definition) is 1. The van der Waals surface area contributed by atoms with Crippen LogP contribution in [0.5, 0.6) is 0 Å². The highest BCUT2D eigenvalue weighted by Gasteiger charge is 2.38. The van der Waals surface area contributed by atoms with Crippen molar-refractivity contribution in [3.8, 4) is 0 Å². The number of para-hydroxylation sites is 1. The Kier molecular flexibility index (Phi) is 6.82. The largest absolute Gasteiger partial charge is 0.369 e. The van der Waals surface area contributed by atoms with Crippen LogP contribution in [0.25, 0.3) is 0 Å². The minimum Gasteiger partial charge on any atom is -0.369 e. The Balaban J connectivity index is 1.74. The molecule has 3 rings (SSSR count). The van der Waals surface area contributed by atoms with Crippen LogP contribution in [0.4, 0.5) is 5.69 Å². The summed E-state index contributed by atoms with van der Waals surface area (Å²) in [5, 5.41) is 0. The van der Waals surface area contributed by atoms with E-state index in [1.807, 2.05) is 55.5 Å². The van der Waals surface area contributed by atoms with Crippen molar-refractivity contribution in [3.63, 3.8) is 0 Å². The first-order valence-electron chi connectivity index (χ1n) is 10.0. The van der Waals surface area contributed by atoms with E-state index in [9.17, 15) is 9.59 Å². The Hall–Kier alpha value is -2.66. The molecule has 0 aliphatic carbocycles. The second-order valence-corrected chi connectivity index (χ2v) is 7.35. The quantitative estimate of drug-likeness (QED) is 0.804. The zero-order chi connectivity index (χ0) is 19.9. The van der Waals surface area contributed by atoms with Gasteiger partial charge in [-0.3, -0.25) is 9.59 Å². The second-order valence-electron chi connectivity index (χ2n) is 7.35. The summed E-state index contributed by atoms with van der Waals surface area (Å²) in [7, 11) is 0. The van der Waals surface area contributed by atoms with Gasteiger partial charge in [-0.2, -0.15) is 0 Å². The van der Waals surface area contributed by atoms with Crippen molar-refractivity contribution in [1.82, 2.24) is 4.90 Å². The van der Waals surface area contributed by atoms with Crippen LogP contribution in [0, 0.1) is 5.92 Å². The molecule has 2 atom stereocenters. The normalized spacial score (nSPS) is 19.9. The fraction of sp³-hybridized carbons (Fsp3) is 0.391. The maximum atomic E-state index is 12.7. The molecule has 148 valence electrons. The van der Waals surface area contributed by atoms with E-state index in [0.717, 1.165) is 31.6 Å². The number of carbonyl (C=O) groups excluding carboxylic acids is 2. The first-order chi connectivity index (χ1) is 13.6. The zero-order valence-corrected chi connectivity index (χ0v) is 16.5. The van der Waals surface area contributed by atoms with Gasteiger partial charge in [0.05, 0.1) is 12.0 Å². The van der Waals surface area contributed by atoms with Crippen LogP contribution in [0.2, 0.25) is 0 Å². The lowest BCUT2D eigenvalue weighted by Gasteiger charge is -2.42. The summed E-state index contributed by atoms with van der Waals surface area (Å²) in [6.45, 7) is 4.18. The van der Waals surface area contributed by atoms with Gasteiger partial charge in [0.1, 0.15) is 0 Å². The van der Waals surface area contributed by atoms with E-state index < -0.39 is 0 Å². The lowest BCUT2D eigenvalue weighted by Crippen LogP contribution is -2.57. The van der Waals surface area contributed by atoms with E-state index in [4.69, 9.17) is 5.73 Å². The fourth-order valence-electron chi connectivity index (χ4n) is 4.01. The molecule has 0 bridgehead atoms. The molecule has 1 aliphatic rings. The Morgan fingerprint density at radius 2 is 1.71 bits per heavy atom. The number of piperidine rings is 1. The summed E-state index contributed by atoms with van der Waals surface area (Å²) in [6, 6.07) is 19.8. The Morgan fingerprint density at radius 3 is 2.32 bits per heavy atom. The van der Waals surface area contributed by atoms with Crippen LogP contribution in [-0.4, -0.2) is 42.4 Å². The third kappa shape index (κ3) is 4.78. The third-order valence-electron chi connectivity index (χ3n) is 5.52. The van der Waals surface area contributed by atoms with Crippen molar-refractivity contribution in [2.24, 2.45) is 11.7 Å². The highest BCUT2D eigenvalue weighted by molar-refractivity contribution is 5.95. The Morgan fingerprint density at radius 1 is 1.07 bits per heavy atom. The summed E-state index contributed by atoms with van der Waals surface area (Å²) in [5.41, 5.74) is 7.90. The van der Waals surface area contributed by atoms with Crippen LogP contribution in [-0.2, 0) is 16.0 Å². The first kappa shape index (κ1) is 20.1. The molecule has 2 amide bonds. The molecule has 1 saturated heterocycles. The molecule has 5 heteroatoms. The van der Waals surface area contributed by atoms with Crippen LogP contribution in [0.3, 0.4) is 0 Å². The van der Waals surface area contributed by atoms with Gasteiger partial charge in [-0.1, -0.05) is 55.5 Å². The average molecular weight is 380 g/mol. The number of nitrogens with two attached hydrogens (primary N) is 1. The molecule has 1 heterocycles. The number of primary amides is 1. The number of rotatable bonds is 7. The molecule has 0 radical (unpaired) electrons. The number of carbonyl (C=O) groups is 2. The molecule has 0 aromatic heterocycles. The number of anilines is 1. The van der Waals surface area contributed by atoms with E-state index in [-0.39, 0.29) is 23.8 Å². The molecule has 0 saturated carbocycles. The summed E-state index contributed by atoms with van der Waals surface area (Å²) in [6.07, 6.45) is 2.07. The van der Waals surface area contributed by atoms with Gasteiger partial charge >= 0.3 is 0 Å². The van der Waals surface area contributed by atoms with Crippen molar-refractivity contribution in [1.29, 1.82) is 0 Å². The van der Waals surface area contributed by atoms with Gasteiger partial charge in [-0.05, 0) is 30.5 Å². The van der Waals surface area contributed by atoms with Crippen molar-refractivity contribution in [3.05, 3.63) is 66.2 Å². The van der Waals surface area contributed by atoms with Crippen molar-refractivity contribution in [2.45, 2.75) is 32.2 Å². The van der Waals surface area contributed by atoms with Crippen LogP contribution >= 0.6 is 0 Å². The Bertz CT molecular complexity index is 779. The SMILES string of the molecule is CCC(=O)N(c1ccccc1)[C@@H]1CCN(CCc2ccccc2)C[C@H]1C(N)=O. The van der Waals surface area contributed by atoms with Gasteiger partial charge in [0.25, 0.3) is 0 Å². The van der Waals surface area contributed by atoms with Gasteiger partial charge in [-0.15, -0.1) is 0 Å². The molecule has 1 fully saturated rings. The van der Waals surface area contributed by atoms with Crippen LogP contribution in [0.15, 0.2) is 60.7 Å². The summed E-state index contributed by atoms with van der Waals surface area (Å²) in [5.74, 6) is -0.681. The standard InChI is InChI=1S/C23H29N3O2/c1-2-22(27)26(19-11-7-4-8-12-19)21-14-16-25(17-20(21)23(24)28)15-13-18-9-5-3-6-10-18/h3-12,20-21H,2,13-17H2,1H3,(H2,24,28)/t20-,21-/m1/s1. The highest BCUT2D eigenvalue weighted by Crippen LogP contribution is 2.28. The van der Waals surface area contributed by atoms with Gasteiger partial charge in [0.15, 0.2) is 0 Å². The molecule has 28 heavy (non-hydrogen) atoms. The maximum Gasteiger partial charge on any atom is 0.226 e. The topological polar surface area (TPSA) is 66.6 Å². The molecule has 5 nitrogen and oxygen atoms in total. The molecular formula is C23H29N3O2. The average Bonchev–Trinajstić information content (AvgIpc) is 2.74. The summed E-state index contributed by atoms with van der Waals surface area (Å²) in [4.78, 5) is 29.1. The number of amides is 2. The van der Waals surface area contributed by atoms with Crippen molar-refractivity contribution >= 4 is 17.5 Å². The number of nitrogens with zero attached hydrogens (tertiary/aromatic N) is 2. The predicted molar refractivity (Wildman–Crippen MR) is 112 cm³/mol. The van der Waals surface area contributed by atoms with E-state index in [1.165, 1.54) is 5.56 Å². The first-order valence-corrected chi connectivity index (χ1v) is 10.0. The maximum absolute atomic E-state index is 12.7. The van der Waals surface area contributed by atoms with E-state index in [2.05, 4.69) is 17.0 Å². The number of hydrogen-bond acceptors (Lipinski definition) is 3. The molecule has 2 aromatic rings.